The molecule has 0 saturated carbocycles. The van der Waals surface area contributed by atoms with Gasteiger partial charge in [0, 0.05) is 11.4 Å². The summed E-state index contributed by atoms with van der Waals surface area (Å²) in [4.78, 5) is 26.1. The van der Waals surface area contributed by atoms with Gasteiger partial charge in [-0.3, -0.25) is 9.59 Å². The van der Waals surface area contributed by atoms with Crippen molar-refractivity contribution >= 4 is 23.4 Å². The van der Waals surface area contributed by atoms with E-state index in [1.54, 1.807) is 18.2 Å². The Bertz CT molecular complexity index is 1030. The number of hydrogen-bond donors (Lipinski definition) is 2. The average molecular weight is 432 g/mol. The lowest BCUT2D eigenvalue weighted by Gasteiger charge is -2.23. The summed E-state index contributed by atoms with van der Waals surface area (Å²) in [7, 11) is 0. The van der Waals surface area contributed by atoms with E-state index in [9.17, 15) is 9.59 Å². The molecule has 3 aromatic rings. The first-order chi connectivity index (χ1) is 15.1. The van der Waals surface area contributed by atoms with Gasteiger partial charge in [-0.15, -0.1) is 0 Å². The molecule has 0 heterocycles. The fraction of sp³-hybridized carbons (Fsp3) is 0.160. The molecule has 0 aromatic heterocycles. The third-order valence-electron chi connectivity index (χ3n) is 4.83. The first kappa shape index (κ1) is 22.1. The lowest BCUT2D eigenvalue weighted by molar-refractivity contribution is -0.129. The van der Waals surface area contributed by atoms with Gasteiger partial charge in [-0.1, -0.05) is 84.4 Å². The highest BCUT2D eigenvalue weighted by atomic mass is 35.5. The van der Waals surface area contributed by atoms with E-state index in [-0.39, 0.29) is 18.9 Å². The predicted molar refractivity (Wildman–Crippen MR) is 120 cm³/mol. The Morgan fingerprint density at radius 1 is 0.871 bits per heavy atom. The monoisotopic (exact) mass is 431 g/mol. The second-order valence-electron chi connectivity index (χ2n) is 7.03. The normalized spacial score (nSPS) is 11.4. The molecule has 0 aliphatic heterocycles. The van der Waals surface area contributed by atoms with E-state index in [0.717, 1.165) is 16.7 Å². The summed E-state index contributed by atoms with van der Waals surface area (Å²) in [6.45, 7) is -0.137. The summed E-state index contributed by atoms with van der Waals surface area (Å²) in [5, 5.41) is 14.8. The van der Waals surface area contributed by atoms with Crippen molar-refractivity contribution < 1.29 is 9.59 Å². The Balaban J connectivity index is 1.89. The molecular weight excluding hydrogens is 410 g/mol. The second kappa shape index (κ2) is 11.0. The van der Waals surface area contributed by atoms with Crippen molar-refractivity contribution in [3.05, 3.63) is 107 Å². The number of carbonyl (C=O) groups is 2. The minimum atomic E-state index is -0.853. The Kier molecular flexibility index (Phi) is 7.80. The van der Waals surface area contributed by atoms with Gasteiger partial charge >= 0.3 is 0 Å². The van der Waals surface area contributed by atoms with Gasteiger partial charge in [0.2, 0.25) is 11.8 Å². The van der Waals surface area contributed by atoms with Crippen LogP contribution in [0.3, 0.4) is 0 Å². The summed E-state index contributed by atoms with van der Waals surface area (Å²) >= 11 is 6.08. The van der Waals surface area contributed by atoms with Gasteiger partial charge in [-0.25, -0.2) is 0 Å². The van der Waals surface area contributed by atoms with Crippen molar-refractivity contribution in [1.82, 2.24) is 10.6 Å². The van der Waals surface area contributed by atoms with Crippen molar-refractivity contribution in [1.29, 1.82) is 5.26 Å². The Hall–Kier alpha value is -3.62. The molecule has 156 valence electrons. The van der Waals surface area contributed by atoms with Crippen molar-refractivity contribution in [3.63, 3.8) is 0 Å². The molecule has 0 bridgehead atoms. The number of carbonyl (C=O) groups excluding carboxylic acids is 2. The number of nitrogens with zero attached hydrogens (tertiary/aromatic N) is 1. The summed E-state index contributed by atoms with van der Waals surface area (Å²) in [5.74, 6) is -1.29. The second-order valence-corrected chi connectivity index (χ2v) is 7.46. The zero-order chi connectivity index (χ0) is 22.1. The number of amides is 2. The maximum absolute atomic E-state index is 13.4. The fourth-order valence-electron chi connectivity index (χ4n) is 3.40. The van der Waals surface area contributed by atoms with Crippen LogP contribution >= 0.6 is 11.6 Å². The van der Waals surface area contributed by atoms with Crippen molar-refractivity contribution in [2.24, 2.45) is 0 Å². The fourth-order valence-corrected chi connectivity index (χ4v) is 3.61. The molecule has 2 N–H and O–H groups in total. The number of hydrogen-bond acceptors (Lipinski definition) is 3. The number of halogens is 1. The van der Waals surface area contributed by atoms with Gasteiger partial charge in [0.05, 0.1) is 12.0 Å². The molecule has 1 atom stereocenters. The molecule has 0 spiro atoms. The smallest absolute Gasteiger partial charge is 0.243 e. The third kappa shape index (κ3) is 6.18. The highest BCUT2D eigenvalue weighted by molar-refractivity contribution is 6.30. The van der Waals surface area contributed by atoms with E-state index < -0.39 is 17.9 Å². The van der Waals surface area contributed by atoms with E-state index in [1.165, 1.54) is 0 Å². The lowest BCUT2D eigenvalue weighted by atomic mass is 9.90. The number of nitrogens with one attached hydrogen (secondary N) is 2. The van der Waals surface area contributed by atoms with Crippen LogP contribution in [-0.4, -0.2) is 24.4 Å². The molecule has 6 heteroatoms. The molecule has 0 radical (unpaired) electrons. The first-order valence-electron chi connectivity index (χ1n) is 9.88. The number of benzene rings is 3. The predicted octanol–water partition coefficient (Wildman–Crippen LogP) is 3.84. The highest BCUT2D eigenvalue weighted by Crippen LogP contribution is 2.25. The molecule has 2 amide bonds. The Labute approximate surface area is 186 Å². The minimum absolute atomic E-state index is 0.137. The molecule has 31 heavy (non-hydrogen) atoms. The molecule has 0 fully saturated rings. The minimum Gasteiger partial charge on any atom is -0.343 e. The van der Waals surface area contributed by atoms with Gasteiger partial charge in [0.25, 0.3) is 0 Å². The maximum Gasteiger partial charge on any atom is 0.243 e. The van der Waals surface area contributed by atoms with E-state index in [4.69, 9.17) is 16.9 Å². The van der Waals surface area contributed by atoms with Gasteiger partial charge in [-0.2, -0.15) is 5.26 Å². The average Bonchev–Trinajstić information content (AvgIpc) is 2.78. The van der Waals surface area contributed by atoms with Gasteiger partial charge in [-0.05, 0) is 28.8 Å². The quantitative estimate of drug-likeness (QED) is 0.531. The molecule has 3 rings (SSSR count). The summed E-state index contributed by atoms with van der Waals surface area (Å²) in [6.07, 6.45) is 0.250. The zero-order valence-corrected chi connectivity index (χ0v) is 17.5. The summed E-state index contributed by atoms with van der Waals surface area (Å²) in [5.41, 5.74) is 2.45. The van der Waals surface area contributed by atoms with Crippen LogP contribution < -0.4 is 10.6 Å². The number of nitriles is 1. The van der Waals surface area contributed by atoms with Crippen molar-refractivity contribution in [2.45, 2.75) is 18.4 Å². The van der Waals surface area contributed by atoms with E-state index in [0.29, 0.717) is 5.02 Å². The van der Waals surface area contributed by atoms with Crippen LogP contribution in [-0.2, 0) is 16.0 Å². The maximum atomic E-state index is 13.4. The molecule has 3 aromatic carbocycles. The van der Waals surface area contributed by atoms with E-state index in [1.807, 2.05) is 72.8 Å². The molecule has 1 unspecified atom stereocenters. The lowest BCUT2D eigenvalue weighted by Crippen LogP contribution is -2.49. The van der Waals surface area contributed by atoms with Crippen LogP contribution in [0.2, 0.25) is 5.02 Å². The largest absolute Gasteiger partial charge is 0.343 e. The summed E-state index contributed by atoms with van der Waals surface area (Å²) < 4.78 is 0. The van der Waals surface area contributed by atoms with Crippen LogP contribution in [0.5, 0.6) is 0 Å². The third-order valence-corrected chi connectivity index (χ3v) is 5.07. The van der Waals surface area contributed by atoms with Crippen molar-refractivity contribution in [3.8, 4) is 6.07 Å². The van der Waals surface area contributed by atoms with Crippen LogP contribution in [0.25, 0.3) is 0 Å². The molecule has 0 aliphatic carbocycles. The van der Waals surface area contributed by atoms with Crippen LogP contribution in [0.1, 0.15) is 22.6 Å². The van der Waals surface area contributed by atoms with Gasteiger partial charge in [0.1, 0.15) is 12.6 Å². The summed E-state index contributed by atoms with van der Waals surface area (Å²) in [6, 6.07) is 27.0. The Morgan fingerprint density at radius 3 is 2.03 bits per heavy atom. The Morgan fingerprint density at radius 2 is 1.48 bits per heavy atom. The van der Waals surface area contributed by atoms with Crippen LogP contribution in [0, 0.1) is 11.3 Å². The van der Waals surface area contributed by atoms with E-state index >= 15 is 0 Å². The molecule has 0 aliphatic rings. The van der Waals surface area contributed by atoms with Gasteiger partial charge in [0.15, 0.2) is 0 Å². The molecular formula is C25H22ClN3O2. The standard InChI is InChI=1S/C25H22ClN3O2/c26-21-13-7-8-18(16-21)17-22(24(30)28-15-14-27)29-25(31)23(19-9-3-1-4-10-19)20-11-5-2-6-12-20/h1-13,16,22-23H,15,17H2,(H,28,30)(H,29,31). The molecule has 5 nitrogen and oxygen atoms in total. The first-order valence-corrected chi connectivity index (χ1v) is 10.3. The molecule has 0 saturated heterocycles. The zero-order valence-electron chi connectivity index (χ0n) is 16.8. The SMILES string of the molecule is N#CCNC(=O)C(Cc1cccc(Cl)c1)NC(=O)C(c1ccccc1)c1ccccc1. The van der Waals surface area contributed by atoms with Crippen LogP contribution in [0.4, 0.5) is 0 Å². The topological polar surface area (TPSA) is 82.0 Å². The van der Waals surface area contributed by atoms with Crippen molar-refractivity contribution in [2.75, 3.05) is 6.54 Å². The van der Waals surface area contributed by atoms with Crippen LogP contribution in [0.15, 0.2) is 84.9 Å². The van der Waals surface area contributed by atoms with Gasteiger partial charge < -0.3 is 10.6 Å². The number of rotatable bonds is 8. The van der Waals surface area contributed by atoms with E-state index in [2.05, 4.69) is 10.6 Å². The highest BCUT2D eigenvalue weighted by Gasteiger charge is 2.28.